The predicted molar refractivity (Wildman–Crippen MR) is 98.0 cm³/mol. The van der Waals surface area contributed by atoms with Crippen LogP contribution in [0.15, 0.2) is 36.5 Å². The van der Waals surface area contributed by atoms with E-state index >= 15 is 0 Å². The van der Waals surface area contributed by atoms with Crippen LogP contribution >= 0.6 is 0 Å². The van der Waals surface area contributed by atoms with E-state index in [0.29, 0.717) is 27.8 Å². The van der Waals surface area contributed by atoms with Gasteiger partial charge in [0.25, 0.3) is 0 Å². The first-order chi connectivity index (χ1) is 12.9. The normalized spacial score (nSPS) is 13.6. The minimum atomic E-state index is -1.21. The number of fused-ring (bicyclic) bond motifs is 1. The Bertz CT molecular complexity index is 1090. The molecular formula is C20H16FN3O3. The number of carbonyl (C=O) groups is 2. The summed E-state index contributed by atoms with van der Waals surface area (Å²) in [6, 6.07) is 7.46. The molecule has 1 fully saturated rings. The molecule has 27 heavy (non-hydrogen) atoms. The molecule has 3 aromatic rings. The molecule has 4 rings (SSSR count). The fourth-order valence-corrected chi connectivity index (χ4v) is 2.96. The topological polar surface area (TPSA) is 92.2 Å². The van der Waals surface area contributed by atoms with E-state index in [-0.39, 0.29) is 17.5 Å². The lowest BCUT2D eigenvalue weighted by Crippen LogP contribution is -2.14. The standard InChI is InChI=1S/C20H16FN3O3/c1-10-2-5-13(21)7-14(10)16-6-12-9-22-17(24-19(25)11-3-4-11)8-15(12)18(23-16)20(26)27/h2,5-9,11H,3-4H2,1H3,(H,26,27)(H,22,24,25). The second kappa shape index (κ2) is 6.42. The molecule has 0 bridgehead atoms. The van der Waals surface area contributed by atoms with Gasteiger partial charge in [0.1, 0.15) is 11.6 Å². The van der Waals surface area contributed by atoms with E-state index in [0.717, 1.165) is 18.4 Å². The molecule has 2 N–H and O–H groups in total. The van der Waals surface area contributed by atoms with E-state index < -0.39 is 11.8 Å². The third-order valence-corrected chi connectivity index (χ3v) is 4.59. The van der Waals surface area contributed by atoms with Crippen molar-refractivity contribution in [2.75, 3.05) is 5.32 Å². The number of carboxylic acid groups (broad SMARTS) is 1. The second-order valence-corrected chi connectivity index (χ2v) is 6.67. The van der Waals surface area contributed by atoms with Gasteiger partial charge in [-0.25, -0.2) is 19.2 Å². The van der Waals surface area contributed by atoms with Crippen molar-refractivity contribution in [1.82, 2.24) is 9.97 Å². The Kier molecular flexibility index (Phi) is 4.07. The van der Waals surface area contributed by atoms with Crippen molar-refractivity contribution in [1.29, 1.82) is 0 Å². The van der Waals surface area contributed by atoms with E-state index in [2.05, 4.69) is 15.3 Å². The highest BCUT2D eigenvalue weighted by Gasteiger charge is 2.30. The van der Waals surface area contributed by atoms with Gasteiger partial charge in [-0.2, -0.15) is 0 Å². The number of carbonyl (C=O) groups excluding carboxylic acids is 1. The smallest absolute Gasteiger partial charge is 0.355 e. The second-order valence-electron chi connectivity index (χ2n) is 6.67. The molecule has 1 aliphatic carbocycles. The Morgan fingerprint density at radius 3 is 2.70 bits per heavy atom. The van der Waals surface area contributed by atoms with Gasteiger partial charge in [-0.05, 0) is 49.6 Å². The number of hydrogen-bond acceptors (Lipinski definition) is 4. The van der Waals surface area contributed by atoms with Crippen LogP contribution in [0.2, 0.25) is 0 Å². The molecule has 1 aliphatic rings. The van der Waals surface area contributed by atoms with Crippen molar-refractivity contribution >= 4 is 28.5 Å². The first kappa shape index (κ1) is 17.1. The van der Waals surface area contributed by atoms with E-state index in [1.165, 1.54) is 24.4 Å². The minimum absolute atomic E-state index is 0.0119. The lowest BCUT2D eigenvalue weighted by Gasteiger charge is -2.11. The zero-order valence-electron chi connectivity index (χ0n) is 14.5. The highest BCUT2D eigenvalue weighted by Crippen LogP contribution is 2.31. The van der Waals surface area contributed by atoms with Gasteiger partial charge < -0.3 is 10.4 Å². The number of aromatic carboxylic acids is 1. The number of nitrogens with one attached hydrogen (secondary N) is 1. The number of anilines is 1. The minimum Gasteiger partial charge on any atom is -0.476 e. The summed E-state index contributed by atoms with van der Waals surface area (Å²) in [5.41, 5.74) is 1.48. The molecule has 0 atom stereocenters. The van der Waals surface area contributed by atoms with Crippen LogP contribution in [0.4, 0.5) is 10.2 Å². The van der Waals surface area contributed by atoms with Crippen molar-refractivity contribution in [3.05, 3.63) is 53.6 Å². The van der Waals surface area contributed by atoms with Crippen LogP contribution in [0.3, 0.4) is 0 Å². The third kappa shape index (κ3) is 3.36. The summed E-state index contributed by atoms with van der Waals surface area (Å²) in [6.45, 7) is 1.80. The Labute approximate surface area is 154 Å². The summed E-state index contributed by atoms with van der Waals surface area (Å²) in [5.74, 6) is -1.44. The van der Waals surface area contributed by atoms with Crippen LogP contribution in [-0.4, -0.2) is 27.0 Å². The van der Waals surface area contributed by atoms with E-state index in [4.69, 9.17) is 0 Å². The maximum absolute atomic E-state index is 13.7. The SMILES string of the molecule is Cc1ccc(F)cc1-c1cc2cnc(NC(=O)C3CC3)cc2c(C(=O)O)n1. The van der Waals surface area contributed by atoms with Crippen LogP contribution in [-0.2, 0) is 4.79 Å². The molecule has 2 aromatic heterocycles. The first-order valence-corrected chi connectivity index (χ1v) is 8.54. The first-order valence-electron chi connectivity index (χ1n) is 8.54. The molecule has 0 radical (unpaired) electrons. The molecule has 6 nitrogen and oxygen atoms in total. The van der Waals surface area contributed by atoms with Gasteiger partial charge in [-0.15, -0.1) is 0 Å². The molecule has 0 aliphatic heterocycles. The van der Waals surface area contributed by atoms with Gasteiger partial charge in [0, 0.05) is 28.5 Å². The van der Waals surface area contributed by atoms with Crippen LogP contribution in [0.1, 0.15) is 28.9 Å². The summed E-state index contributed by atoms with van der Waals surface area (Å²) < 4.78 is 13.7. The summed E-state index contributed by atoms with van der Waals surface area (Å²) in [4.78, 5) is 32.1. The quantitative estimate of drug-likeness (QED) is 0.734. The van der Waals surface area contributed by atoms with Crippen molar-refractivity contribution in [3.63, 3.8) is 0 Å². The number of pyridine rings is 2. The Morgan fingerprint density at radius 2 is 2.00 bits per heavy atom. The molecule has 1 amide bonds. The number of rotatable bonds is 4. The fourth-order valence-electron chi connectivity index (χ4n) is 2.96. The van der Waals surface area contributed by atoms with Gasteiger partial charge in [-0.3, -0.25) is 4.79 Å². The molecule has 136 valence electrons. The molecule has 0 unspecified atom stereocenters. The number of aryl methyl sites for hydroxylation is 1. The van der Waals surface area contributed by atoms with Gasteiger partial charge in [0.15, 0.2) is 5.69 Å². The van der Waals surface area contributed by atoms with Gasteiger partial charge >= 0.3 is 5.97 Å². The average Bonchev–Trinajstić information content (AvgIpc) is 3.48. The van der Waals surface area contributed by atoms with Crippen LogP contribution in [0, 0.1) is 18.7 Å². The van der Waals surface area contributed by atoms with Gasteiger partial charge in [-0.1, -0.05) is 6.07 Å². The summed E-state index contributed by atoms with van der Waals surface area (Å²) in [5, 5.41) is 13.2. The number of hydrogen-bond donors (Lipinski definition) is 2. The predicted octanol–water partition coefficient (Wildman–Crippen LogP) is 3.79. The molecular weight excluding hydrogens is 349 g/mol. The van der Waals surface area contributed by atoms with Crippen LogP contribution in [0.25, 0.3) is 22.0 Å². The number of amides is 1. The van der Waals surface area contributed by atoms with Crippen molar-refractivity contribution in [2.45, 2.75) is 19.8 Å². The Morgan fingerprint density at radius 1 is 1.22 bits per heavy atom. The summed E-state index contributed by atoms with van der Waals surface area (Å²) >= 11 is 0. The van der Waals surface area contributed by atoms with Crippen LogP contribution in [0.5, 0.6) is 0 Å². The highest BCUT2D eigenvalue weighted by molar-refractivity contribution is 6.04. The number of aromatic nitrogens is 2. The number of carboxylic acids is 1. The zero-order chi connectivity index (χ0) is 19.1. The maximum atomic E-state index is 13.7. The molecule has 2 heterocycles. The monoisotopic (exact) mass is 365 g/mol. The maximum Gasteiger partial charge on any atom is 0.355 e. The molecule has 7 heteroatoms. The van der Waals surface area contributed by atoms with Crippen molar-refractivity contribution < 1.29 is 19.1 Å². The van der Waals surface area contributed by atoms with Gasteiger partial charge in [0.2, 0.25) is 5.91 Å². The number of nitrogens with zero attached hydrogens (tertiary/aromatic N) is 2. The molecule has 0 spiro atoms. The average molecular weight is 365 g/mol. The fraction of sp³-hybridized carbons (Fsp3) is 0.200. The number of benzene rings is 1. The lowest BCUT2D eigenvalue weighted by atomic mass is 10.0. The van der Waals surface area contributed by atoms with Crippen molar-refractivity contribution in [2.24, 2.45) is 5.92 Å². The van der Waals surface area contributed by atoms with Gasteiger partial charge in [0.05, 0.1) is 5.69 Å². The van der Waals surface area contributed by atoms with E-state index in [1.807, 2.05) is 0 Å². The highest BCUT2D eigenvalue weighted by atomic mass is 19.1. The Balaban J connectivity index is 1.83. The van der Waals surface area contributed by atoms with Crippen molar-refractivity contribution in [3.8, 4) is 11.3 Å². The molecule has 1 saturated carbocycles. The summed E-state index contributed by atoms with van der Waals surface area (Å²) in [6.07, 6.45) is 3.21. The van der Waals surface area contributed by atoms with E-state index in [9.17, 15) is 19.1 Å². The number of halogens is 1. The largest absolute Gasteiger partial charge is 0.476 e. The summed E-state index contributed by atoms with van der Waals surface area (Å²) in [7, 11) is 0. The van der Waals surface area contributed by atoms with E-state index in [1.54, 1.807) is 19.1 Å². The Hall–Kier alpha value is -3.35. The lowest BCUT2D eigenvalue weighted by molar-refractivity contribution is -0.117. The molecule has 1 aromatic carbocycles. The molecule has 0 saturated heterocycles. The third-order valence-electron chi connectivity index (χ3n) is 4.59. The van der Waals surface area contributed by atoms with Crippen LogP contribution < -0.4 is 5.32 Å². The zero-order valence-corrected chi connectivity index (χ0v) is 14.5.